The van der Waals surface area contributed by atoms with Crippen molar-refractivity contribution in [3.63, 3.8) is 0 Å². The summed E-state index contributed by atoms with van der Waals surface area (Å²) in [4.78, 5) is 7.53. The number of aromatic nitrogens is 1. The number of pyridine rings is 1. The quantitative estimate of drug-likeness (QED) is 0.228. The lowest BCUT2D eigenvalue weighted by Crippen LogP contribution is -2.17. The Kier molecular flexibility index (Phi) is 3.94. The van der Waals surface area contributed by atoms with Crippen LogP contribution in [0.3, 0.4) is 0 Å². The van der Waals surface area contributed by atoms with Crippen LogP contribution >= 0.6 is 0 Å². The smallest absolute Gasteiger partial charge is 0.151 e. The fraction of sp³-hybridized carbons (Fsp3) is 0. The zero-order valence-electron chi connectivity index (χ0n) is 19.3. The van der Waals surface area contributed by atoms with Crippen LogP contribution in [0.15, 0.2) is 121 Å². The first-order valence-electron chi connectivity index (χ1n) is 12.2. The van der Waals surface area contributed by atoms with Crippen LogP contribution in [-0.2, 0) is 0 Å². The molecule has 7 aromatic rings. The van der Waals surface area contributed by atoms with Crippen molar-refractivity contribution in [2.45, 2.75) is 0 Å². The molecular weight excluding hydrogens is 440 g/mol. The fourth-order valence-electron chi connectivity index (χ4n) is 5.62. The predicted molar refractivity (Wildman–Crippen MR) is 149 cm³/mol. The van der Waals surface area contributed by atoms with Crippen molar-refractivity contribution in [2.24, 2.45) is 0 Å². The van der Waals surface area contributed by atoms with Gasteiger partial charge in [-0.1, -0.05) is 84.9 Å². The molecule has 1 aliphatic rings. The van der Waals surface area contributed by atoms with Crippen molar-refractivity contribution in [1.29, 1.82) is 0 Å². The first kappa shape index (κ1) is 19.4. The highest BCUT2D eigenvalue weighted by Gasteiger charge is 2.28. The van der Waals surface area contributed by atoms with Crippen LogP contribution in [0.2, 0.25) is 0 Å². The predicted octanol–water partition coefficient (Wildman–Crippen LogP) is 9.27. The molecule has 2 heterocycles. The van der Waals surface area contributed by atoms with E-state index in [4.69, 9.17) is 9.72 Å². The third-order valence-electron chi connectivity index (χ3n) is 7.19. The molecule has 0 atom stereocenters. The van der Waals surface area contributed by atoms with E-state index >= 15 is 0 Å². The highest BCUT2D eigenvalue weighted by Crippen LogP contribution is 2.52. The van der Waals surface area contributed by atoms with E-state index in [-0.39, 0.29) is 0 Å². The molecule has 0 saturated heterocycles. The second kappa shape index (κ2) is 7.30. The second-order valence-electron chi connectivity index (χ2n) is 9.20. The minimum absolute atomic E-state index is 0.825. The number of fused-ring (bicyclic) bond motifs is 9. The molecule has 3 heteroatoms. The zero-order valence-corrected chi connectivity index (χ0v) is 19.3. The Bertz CT molecular complexity index is 1950. The summed E-state index contributed by atoms with van der Waals surface area (Å²) in [5.41, 5.74) is 2.94. The molecule has 6 aromatic carbocycles. The van der Waals surface area contributed by atoms with E-state index in [1.54, 1.807) is 0 Å². The SMILES string of the molecule is c1ccc2c(c1)Oc1ccccc1N2c1nc2ccccc2c2c1ccc1ccc3ccccc3c12. The van der Waals surface area contributed by atoms with Crippen molar-refractivity contribution < 1.29 is 4.74 Å². The summed E-state index contributed by atoms with van der Waals surface area (Å²) in [5.74, 6) is 2.55. The summed E-state index contributed by atoms with van der Waals surface area (Å²) >= 11 is 0. The topological polar surface area (TPSA) is 25.4 Å². The number of benzene rings is 6. The molecule has 0 unspecified atom stereocenters. The van der Waals surface area contributed by atoms with E-state index in [0.717, 1.165) is 45.0 Å². The van der Waals surface area contributed by atoms with Gasteiger partial charge in [-0.05, 0) is 57.9 Å². The molecule has 1 aliphatic heterocycles. The molecule has 0 amide bonds. The van der Waals surface area contributed by atoms with Gasteiger partial charge >= 0.3 is 0 Å². The number of para-hydroxylation sites is 5. The minimum atomic E-state index is 0.825. The molecule has 3 nitrogen and oxygen atoms in total. The number of nitrogens with zero attached hydrogens (tertiary/aromatic N) is 2. The zero-order chi connectivity index (χ0) is 23.6. The normalized spacial score (nSPS) is 12.6. The maximum atomic E-state index is 6.29. The molecular formula is C33H20N2O. The molecule has 0 N–H and O–H groups in total. The Labute approximate surface area is 207 Å². The van der Waals surface area contributed by atoms with Crippen molar-refractivity contribution in [3.8, 4) is 11.5 Å². The Morgan fingerprint density at radius 2 is 1.08 bits per heavy atom. The monoisotopic (exact) mass is 460 g/mol. The highest BCUT2D eigenvalue weighted by molar-refractivity contribution is 6.29. The van der Waals surface area contributed by atoms with Crippen LogP contribution in [0, 0.1) is 0 Å². The molecule has 36 heavy (non-hydrogen) atoms. The molecule has 0 bridgehead atoms. The van der Waals surface area contributed by atoms with Crippen molar-refractivity contribution in [1.82, 2.24) is 4.98 Å². The summed E-state index contributed by atoms with van der Waals surface area (Å²) in [6.07, 6.45) is 0. The van der Waals surface area contributed by atoms with Gasteiger partial charge < -0.3 is 4.74 Å². The van der Waals surface area contributed by atoms with Gasteiger partial charge in [0.05, 0.1) is 16.9 Å². The summed E-state index contributed by atoms with van der Waals surface area (Å²) < 4.78 is 6.29. The summed E-state index contributed by atoms with van der Waals surface area (Å²) in [7, 11) is 0. The second-order valence-corrected chi connectivity index (χ2v) is 9.20. The minimum Gasteiger partial charge on any atom is -0.453 e. The number of hydrogen-bond donors (Lipinski definition) is 0. The van der Waals surface area contributed by atoms with Gasteiger partial charge in [0.1, 0.15) is 5.82 Å². The lowest BCUT2D eigenvalue weighted by atomic mass is 9.94. The summed E-state index contributed by atoms with van der Waals surface area (Å²) in [6.45, 7) is 0. The average Bonchev–Trinajstić information content (AvgIpc) is 2.95. The lowest BCUT2D eigenvalue weighted by molar-refractivity contribution is 0.477. The van der Waals surface area contributed by atoms with Crippen LogP contribution in [-0.4, -0.2) is 4.98 Å². The number of anilines is 3. The van der Waals surface area contributed by atoms with Crippen molar-refractivity contribution in [2.75, 3.05) is 4.90 Å². The van der Waals surface area contributed by atoms with Gasteiger partial charge in [-0.2, -0.15) is 0 Å². The van der Waals surface area contributed by atoms with Crippen molar-refractivity contribution >= 4 is 60.4 Å². The Morgan fingerprint density at radius 1 is 0.472 bits per heavy atom. The van der Waals surface area contributed by atoms with E-state index in [1.165, 1.54) is 26.9 Å². The lowest BCUT2D eigenvalue weighted by Gasteiger charge is -2.33. The van der Waals surface area contributed by atoms with Crippen LogP contribution < -0.4 is 9.64 Å². The number of rotatable bonds is 1. The third kappa shape index (κ3) is 2.65. The standard InChI is InChI=1S/C33H20N2O/c1-2-10-23-21(9-1)17-18-22-19-20-25-32(31(22)23)24-11-3-4-12-26(24)34-33(25)35-27-13-5-7-15-29(27)36-30-16-8-6-14-28(30)35/h1-20H. The van der Waals surface area contributed by atoms with Gasteiger partial charge in [-0.3, -0.25) is 4.90 Å². The van der Waals surface area contributed by atoms with E-state index in [1.807, 2.05) is 24.3 Å². The maximum absolute atomic E-state index is 6.29. The van der Waals surface area contributed by atoms with Crippen molar-refractivity contribution in [3.05, 3.63) is 121 Å². The van der Waals surface area contributed by atoms with Crippen LogP contribution in [0.4, 0.5) is 17.2 Å². The van der Waals surface area contributed by atoms with Gasteiger partial charge in [0.2, 0.25) is 0 Å². The van der Waals surface area contributed by atoms with E-state index in [2.05, 4.69) is 102 Å². The molecule has 0 saturated carbocycles. The Balaban J connectivity index is 1.59. The van der Waals surface area contributed by atoms with Gasteiger partial charge in [-0.25, -0.2) is 4.98 Å². The van der Waals surface area contributed by atoms with E-state index in [0.29, 0.717) is 0 Å². The Hall–Kier alpha value is -4.89. The molecule has 0 aliphatic carbocycles. The van der Waals surface area contributed by atoms with Crippen LogP contribution in [0.25, 0.3) is 43.2 Å². The van der Waals surface area contributed by atoms with E-state index in [9.17, 15) is 0 Å². The van der Waals surface area contributed by atoms with Gasteiger partial charge in [0.15, 0.2) is 11.5 Å². The van der Waals surface area contributed by atoms with Gasteiger partial charge in [0, 0.05) is 16.2 Å². The molecule has 0 fully saturated rings. The Morgan fingerprint density at radius 3 is 1.89 bits per heavy atom. The average molecular weight is 461 g/mol. The maximum Gasteiger partial charge on any atom is 0.151 e. The number of ether oxygens (including phenoxy) is 1. The summed E-state index contributed by atoms with van der Waals surface area (Å²) in [5, 5.41) is 8.49. The van der Waals surface area contributed by atoms with Gasteiger partial charge in [-0.15, -0.1) is 0 Å². The largest absolute Gasteiger partial charge is 0.453 e. The third-order valence-corrected chi connectivity index (χ3v) is 7.19. The highest BCUT2D eigenvalue weighted by atomic mass is 16.5. The van der Waals surface area contributed by atoms with Crippen LogP contribution in [0.1, 0.15) is 0 Å². The molecule has 0 radical (unpaired) electrons. The molecule has 8 rings (SSSR count). The van der Waals surface area contributed by atoms with E-state index < -0.39 is 0 Å². The fourth-order valence-corrected chi connectivity index (χ4v) is 5.62. The van der Waals surface area contributed by atoms with Gasteiger partial charge in [0.25, 0.3) is 0 Å². The molecule has 1 aromatic heterocycles. The first-order valence-corrected chi connectivity index (χ1v) is 12.2. The molecule has 168 valence electrons. The van der Waals surface area contributed by atoms with Crippen LogP contribution in [0.5, 0.6) is 11.5 Å². The first-order chi connectivity index (χ1) is 17.9. The molecule has 0 spiro atoms. The summed E-state index contributed by atoms with van der Waals surface area (Å²) in [6, 6.07) is 42.4. The number of hydrogen-bond acceptors (Lipinski definition) is 3.